The normalized spacial score (nSPS) is 17.3. The molecule has 0 atom stereocenters. The second-order valence-corrected chi connectivity index (χ2v) is 5.09. The molecule has 0 saturated heterocycles. The van der Waals surface area contributed by atoms with Crippen LogP contribution in [-0.2, 0) is 0 Å². The molecule has 1 aromatic rings. The van der Waals surface area contributed by atoms with Crippen molar-refractivity contribution < 1.29 is 9.18 Å². The second-order valence-electron chi connectivity index (χ2n) is 4.17. The lowest BCUT2D eigenvalue weighted by molar-refractivity contribution is 0.0935. The fourth-order valence-electron chi connectivity index (χ4n) is 1.34. The van der Waals surface area contributed by atoms with Crippen LogP contribution in [-0.4, -0.2) is 11.4 Å². The van der Waals surface area contributed by atoms with Crippen LogP contribution >= 0.6 is 15.9 Å². The molecule has 0 bridgehead atoms. The summed E-state index contributed by atoms with van der Waals surface area (Å²) in [6.45, 7) is 1.99. The van der Waals surface area contributed by atoms with Gasteiger partial charge in [-0.15, -0.1) is 0 Å². The predicted molar refractivity (Wildman–Crippen MR) is 59.2 cm³/mol. The van der Waals surface area contributed by atoms with Gasteiger partial charge in [-0.1, -0.05) is 15.9 Å². The average Bonchev–Trinajstić information content (AvgIpc) is 2.81. The summed E-state index contributed by atoms with van der Waals surface area (Å²) in [7, 11) is 0. The summed E-state index contributed by atoms with van der Waals surface area (Å²) in [5.74, 6) is -0.620. The number of amides is 1. The Kier molecular flexibility index (Phi) is 2.54. The van der Waals surface area contributed by atoms with Gasteiger partial charge in [0.2, 0.25) is 0 Å². The van der Waals surface area contributed by atoms with Gasteiger partial charge < -0.3 is 5.32 Å². The minimum Gasteiger partial charge on any atom is -0.347 e. The minimum atomic E-state index is -0.407. The zero-order valence-corrected chi connectivity index (χ0v) is 9.90. The van der Waals surface area contributed by atoms with Gasteiger partial charge in [-0.05, 0) is 38.0 Å². The highest BCUT2D eigenvalue weighted by Crippen LogP contribution is 2.34. The zero-order chi connectivity index (χ0) is 11.1. The van der Waals surface area contributed by atoms with Crippen LogP contribution < -0.4 is 5.32 Å². The van der Waals surface area contributed by atoms with E-state index in [0.717, 1.165) is 12.8 Å². The summed E-state index contributed by atoms with van der Waals surface area (Å²) < 4.78 is 13.6. The molecule has 0 spiro atoms. The minimum absolute atomic E-state index is 0.0735. The number of halogens is 2. The molecule has 1 aromatic carbocycles. The molecule has 2 rings (SSSR count). The molecule has 1 saturated carbocycles. The molecule has 15 heavy (non-hydrogen) atoms. The number of carbonyl (C=O) groups is 1. The Morgan fingerprint density at radius 1 is 1.47 bits per heavy atom. The largest absolute Gasteiger partial charge is 0.347 e. The van der Waals surface area contributed by atoms with Gasteiger partial charge in [0.1, 0.15) is 5.82 Å². The van der Waals surface area contributed by atoms with E-state index >= 15 is 0 Å². The van der Waals surface area contributed by atoms with Crippen LogP contribution in [0.2, 0.25) is 0 Å². The third-order valence-electron chi connectivity index (χ3n) is 2.54. The number of benzene rings is 1. The maximum atomic E-state index is 13.0. The monoisotopic (exact) mass is 271 g/mol. The highest BCUT2D eigenvalue weighted by Gasteiger charge is 2.38. The van der Waals surface area contributed by atoms with Gasteiger partial charge in [0.25, 0.3) is 5.91 Å². The van der Waals surface area contributed by atoms with Gasteiger partial charge in [-0.3, -0.25) is 4.79 Å². The van der Waals surface area contributed by atoms with E-state index in [1.807, 2.05) is 6.92 Å². The summed E-state index contributed by atoms with van der Waals surface area (Å²) in [5.41, 5.74) is 0.283. The molecule has 2 nitrogen and oxygen atoms in total. The molecule has 1 fully saturated rings. The number of rotatable bonds is 2. The number of hydrogen-bond donors (Lipinski definition) is 1. The van der Waals surface area contributed by atoms with E-state index in [4.69, 9.17) is 0 Å². The quantitative estimate of drug-likeness (QED) is 0.881. The summed E-state index contributed by atoms with van der Waals surface area (Å²) >= 11 is 3.16. The zero-order valence-electron chi connectivity index (χ0n) is 8.31. The summed E-state index contributed by atoms with van der Waals surface area (Å²) in [5, 5.41) is 2.87. The SMILES string of the molecule is CC1(NC(=O)c2cc(F)cc(Br)c2)CC1. The Hall–Kier alpha value is -0.900. The fourth-order valence-corrected chi connectivity index (χ4v) is 1.81. The molecule has 0 radical (unpaired) electrons. The van der Waals surface area contributed by atoms with Crippen molar-refractivity contribution in [1.82, 2.24) is 5.32 Å². The molecular weight excluding hydrogens is 261 g/mol. The Balaban J connectivity index is 2.17. The van der Waals surface area contributed by atoms with Crippen molar-refractivity contribution in [3.8, 4) is 0 Å². The van der Waals surface area contributed by atoms with Crippen molar-refractivity contribution in [3.05, 3.63) is 34.1 Å². The van der Waals surface area contributed by atoms with Crippen molar-refractivity contribution >= 4 is 21.8 Å². The van der Waals surface area contributed by atoms with Gasteiger partial charge in [0, 0.05) is 15.6 Å². The average molecular weight is 272 g/mol. The van der Waals surface area contributed by atoms with Crippen LogP contribution in [0.1, 0.15) is 30.1 Å². The van der Waals surface area contributed by atoms with E-state index in [1.54, 1.807) is 6.07 Å². The van der Waals surface area contributed by atoms with Crippen molar-refractivity contribution in [2.45, 2.75) is 25.3 Å². The van der Waals surface area contributed by atoms with Crippen LogP contribution in [0.5, 0.6) is 0 Å². The maximum absolute atomic E-state index is 13.0. The Morgan fingerprint density at radius 2 is 2.13 bits per heavy atom. The molecule has 4 heteroatoms. The third kappa shape index (κ3) is 2.56. The van der Waals surface area contributed by atoms with E-state index < -0.39 is 5.82 Å². The van der Waals surface area contributed by atoms with E-state index in [1.165, 1.54) is 12.1 Å². The van der Waals surface area contributed by atoms with Crippen LogP contribution in [0.3, 0.4) is 0 Å². The highest BCUT2D eigenvalue weighted by molar-refractivity contribution is 9.10. The Morgan fingerprint density at radius 3 is 2.67 bits per heavy atom. The fraction of sp³-hybridized carbons (Fsp3) is 0.364. The van der Waals surface area contributed by atoms with Crippen LogP contribution in [0.4, 0.5) is 4.39 Å². The van der Waals surface area contributed by atoms with Gasteiger partial charge in [-0.2, -0.15) is 0 Å². The lowest BCUT2D eigenvalue weighted by Crippen LogP contribution is -2.34. The van der Waals surface area contributed by atoms with Crippen molar-refractivity contribution in [2.75, 3.05) is 0 Å². The molecule has 1 aliphatic rings. The first-order valence-corrected chi connectivity index (χ1v) is 5.56. The summed E-state index contributed by atoms with van der Waals surface area (Å²) in [6, 6.07) is 4.19. The molecule has 0 heterocycles. The molecule has 1 amide bonds. The smallest absolute Gasteiger partial charge is 0.251 e. The van der Waals surface area contributed by atoms with Crippen molar-refractivity contribution in [1.29, 1.82) is 0 Å². The molecule has 0 unspecified atom stereocenters. The van der Waals surface area contributed by atoms with Crippen LogP contribution in [0.15, 0.2) is 22.7 Å². The number of carbonyl (C=O) groups excluding carboxylic acids is 1. The van der Waals surface area contributed by atoms with Crippen molar-refractivity contribution in [3.63, 3.8) is 0 Å². The summed E-state index contributed by atoms with van der Waals surface area (Å²) in [4.78, 5) is 11.7. The van der Waals surface area contributed by atoms with E-state index in [9.17, 15) is 9.18 Å². The van der Waals surface area contributed by atoms with Gasteiger partial charge in [0.05, 0.1) is 0 Å². The first-order valence-electron chi connectivity index (χ1n) is 4.77. The van der Waals surface area contributed by atoms with E-state index in [2.05, 4.69) is 21.2 Å². The lowest BCUT2D eigenvalue weighted by atomic mass is 10.2. The van der Waals surface area contributed by atoms with Gasteiger partial charge in [-0.25, -0.2) is 4.39 Å². The number of hydrogen-bond acceptors (Lipinski definition) is 1. The lowest BCUT2D eigenvalue weighted by Gasteiger charge is -2.11. The van der Waals surface area contributed by atoms with E-state index in [0.29, 0.717) is 10.0 Å². The molecule has 0 aliphatic heterocycles. The second kappa shape index (κ2) is 3.59. The summed E-state index contributed by atoms with van der Waals surface area (Å²) in [6.07, 6.45) is 1.99. The first-order chi connectivity index (χ1) is 6.98. The number of nitrogens with one attached hydrogen (secondary N) is 1. The Labute approximate surface area is 96.0 Å². The molecular formula is C11H11BrFNO. The Bertz CT molecular complexity index is 395. The van der Waals surface area contributed by atoms with Gasteiger partial charge in [0.15, 0.2) is 0 Å². The molecule has 1 aliphatic carbocycles. The predicted octanol–water partition coefficient (Wildman–Crippen LogP) is 2.87. The van der Waals surface area contributed by atoms with Crippen molar-refractivity contribution in [2.24, 2.45) is 0 Å². The van der Waals surface area contributed by atoms with Gasteiger partial charge >= 0.3 is 0 Å². The maximum Gasteiger partial charge on any atom is 0.251 e. The molecule has 0 aromatic heterocycles. The highest BCUT2D eigenvalue weighted by atomic mass is 79.9. The standard InChI is InChI=1S/C11H11BrFNO/c1-11(2-3-11)14-10(15)7-4-8(12)6-9(13)5-7/h4-6H,2-3H2,1H3,(H,14,15). The topological polar surface area (TPSA) is 29.1 Å². The molecule has 80 valence electrons. The van der Waals surface area contributed by atoms with E-state index in [-0.39, 0.29) is 11.4 Å². The first kappa shape index (κ1) is 10.6. The van der Waals surface area contributed by atoms with Crippen LogP contribution in [0, 0.1) is 5.82 Å². The van der Waals surface area contributed by atoms with Crippen LogP contribution in [0.25, 0.3) is 0 Å². The third-order valence-corrected chi connectivity index (χ3v) is 3.00. The molecule has 1 N–H and O–H groups in total.